The lowest BCUT2D eigenvalue weighted by atomic mass is 9.96. The lowest BCUT2D eigenvalue weighted by Gasteiger charge is -2.39. The third kappa shape index (κ3) is 5.32. The van der Waals surface area contributed by atoms with Crippen molar-refractivity contribution in [1.82, 2.24) is 9.21 Å². The van der Waals surface area contributed by atoms with Crippen LogP contribution in [0.2, 0.25) is 5.02 Å². The topological polar surface area (TPSA) is 79.0 Å². The molecule has 188 valence electrons. The molecule has 0 radical (unpaired) electrons. The second-order valence-corrected chi connectivity index (χ2v) is 11.6. The van der Waals surface area contributed by atoms with E-state index in [1.165, 1.54) is 57.6 Å². The van der Waals surface area contributed by atoms with E-state index in [2.05, 4.69) is 5.32 Å². The van der Waals surface area contributed by atoms with Gasteiger partial charge in [0.2, 0.25) is 15.9 Å². The van der Waals surface area contributed by atoms with E-state index in [1.54, 1.807) is 12.1 Å². The Morgan fingerprint density at radius 2 is 1.80 bits per heavy atom. The summed E-state index contributed by atoms with van der Waals surface area (Å²) in [7, 11) is 0.532. The van der Waals surface area contributed by atoms with Crippen LogP contribution in [0.3, 0.4) is 0 Å². The Hall–Kier alpha value is -2.62. The highest BCUT2D eigenvalue weighted by molar-refractivity contribution is 7.89. The zero-order valence-corrected chi connectivity index (χ0v) is 21.4. The van der Waals surface area contributed by atoms with Gasteiger partial charge in [-0.3, -0.25) is 4.79 Å². The number of benzene rings is 2. The lowest BCUT2D eigenvalue weighted by molar-refractivity contribution is -0.130. The first-order valence-corrected chi connectivity index (χ1v) is 13.2. The van der Waals surface area contributed by atoms with Crippen LogP contribution in [0.4, 0.5) is 10.1 Å². The van der Waals surface area contributed by atoms with E-state index in [0.29, 0.717) is 11.3 Å². The van der Waals surface area contributed by atoms with Crippen molar-refractivity contribution >= 4 is 39.3 Å². The third-order valence-electron chi connectivity index (χ3n) is 6.65. The molecule has 2 saturated heterocycles. The zero-order valence-electron chi connectivity index (χ0n) is 19.9. The Kier molecular flexibility index (Phi) is 7.40. The van der Waals surface area contributed by atoms with Crippen LogP contribution in [0.15, 0.2) is 47.4 Å². The first-order valence-electron chi connectivity index (χ1n) is 11.4. The van der Waals surface area contributed by atoms with E-state index in [9.17, 15) is 17.6 Å². The molecule has 4 rings (SSSR count). The maximum absolute atomic E-state index is 13.2. The van der Waals surface area contributed by atoms with Crippen LogP contribution in [-0.4, -0.2) is 62.9 Å². The highest BCUT2D eigenvalue weighted by Crippen LogP contribution is 2.37. The Morgan fingerprint density at radius 3 is 2.37 bits per heavy atom. The van der Waals surface area contributed by atoms with E-state index >= 15 is 0 Å². The normalized spacial score (nSPS) is 22.1. The van der Waals surface area contributed by atoms with Crippen molar-refractivity contribution < 1.29 is 22.3 Å². The van der Waals surface area contributed by atoms with Gasteiger partial charge in [-0.05, 0) is 73.7 Å². The van der Waals surface area contributed by atoms with Gasteiger partial charge in [0.15, 0.2) is 0 Å². The molecule has 1 N–H and O–H groups in total. The van der Waals surface area contributed by atoms with E-state index in [4.69, 9.17) is 16.3 Å². The number of nitrogens with one attached hydrogen (secondary N) is 1. The van der Waals surface area contributed by atoms with Gasteiger partial charge in [-0.15, -0.1) is 0 Å². The van der Waals surface area contributed by atoms with E-state index < -0.39 is 10.0 Å². The molecule has 2 bridgehead atoms. The molecule has 1 unspecified atom stereocenters. The summed E-state index contributed by atoms with van der Waals surface area (Å²) in [6.07, 6.45) is 6.36. The molecule has 3 atom stereocenters. The molecule has 2 fully saturated rings. The zero-order chi connectivity index (χ0) is 25.3. The fraction of sp³-hybridized carbons (Fsp3) is 0.400. The smallest absolute Gasteiger partial charge is 0.247 e. The summed E-state index contributed by atoms with van der Waals surface area (Å²) in [5, 5.41) is 3.63. The molecular weight excluding hydrogens is 493 g/mol. The summed E-state index contributed by atoms with van der Waals surface area (Å²) in [5.74, 6) is -0.105. The second kappa shape index (κ2) is 10.2. The molecule has 2 heterocycles. The maximum Gasteiger partial charge on any atom is 0.247 e. The number of sulfonamides is 1. The quantitative estimate of drug-likeness (QED) is 0.547. The van der Waals surface area contributed by atoms with Crippen LogP contribution >= 0.6 is 11.6 Å². The number of nitrogens with zero attached hydrogens (tertiary/aromatic N) is 2. The minimum atomic E-state index is -3.79. The number of anilines is 1. The van der Waals surface area contributed by atoms with Crippen LogP contribution in [0.25, 0.3) is 6.08 Å². The highest BCUT2D eigenvalue weighted by atomic mass is 35.5. The summed E-state index contributed by atoms with van der Waals surface area (Å²) >= 11 is 6.19. The summed E-state index contributed by atoms with van der Waals surface area (Å²) < 4.78 is 45.2. The Morgan fingerprint density at radius 1 is 1.17 bits per heavy atom. The first-order chi connectivity index (χ1) is 16.6. The standard InChI is InChI=1S/C25H29ClFN3O4S/c1-29(2)35(32,33)24-15-22(26)23(34-3)12-16(24)4-11-25(31)30-20-9-10-21(30)14-19(13-20)28-18-7-5-17(27)6-8-18/h4-8,11-12,15,19-21,28H,9-10,13-14H2,1-3H3/b11-4+/t19?,20-,21+. The molecule has 2 aromatic rings. The number of methoxy groups -OCH3 is 1. The number of halogens is 2. The molecule has 2 aliphatic rings. The van der Waals surface area contributed by atoms with Gasteiger partial charge >= 0.3 is 0 Å². The summed E-state index contributed by atoms with van der Waals surface area (Å²) in [4.78, 5) is 15.1. The number of fused-ring (bicyclic) bond motifs is 2. The number of carbonyl (C=O) groups is 1. The Labute approximate surface area is 210 Å². The molecule has 0 aliphatic carbocycles. The van der Waals surface area contributed by atoms with Crippen LogP contribution in [0.1, 0.15) is 31.2 Å². The van der Waals surface area contributed by atoms with Gasteiger partial charge in [-0.25, -0.2) is 17.1 Å². The van der Waals surface area contributed by atoms with Crippen LogP contribution in [0.5, 0.6) is 5.75 Å². The van der Waals surface area contributed by atoms with Gasteiger partial charge in [0, 0.05) is 44.0 Å². The number of rotatable bonds is 7. The number of ether oxygens (including phenoxy) is 1. The molecule has 10 heteroatoms. The molecule has 0 spiro atoms. The van der Waals surface area contributed by atoms with Crippen LogP contribution < -0.4 is 10.1 Å². The third-order valence-corrected chi connectivity index (χ3v) is 8.82. The van der Waals surface area contributed by atoms with Crippen molar-refractivity contribution in [3.63, 3.8) is 0 Å². The number of carbonyl (C=O) groups excluding carboxylic acids is 1. The van der Waals surface area contributed by atoms with Crippen molar-refractivity contribution in [3.8, 4) is 5.75 Å². The fourth-order valence-electron chi connectivity index (χ4n) is 4.94. The summed E-state index contributed by atoms with van der Waals surface area (Å²) in [6.45, 7) is 0. The predicted molar refractivity (Wildman–Crippen MR) is 135 cm³/mol. The maximum atomic E-state index is 13.2. The summed E-state index contributed by atoms with van der Waals surface area (Å²) in [6, 6.07) is 9.54. The van der Waals surface area contributed by atoms with Gasteiger partial charge in [0.1, 0.15) is 11.6 Å². The van der Waals surface area contributed by atoms with Crippen LogP contribution in [-0.2, 0) is 14.8 Å². The van der Waals surface area contributed by atoms with Crippen molar-refractivity contribution in [2.45, 2.75) is 48.7 Å². The molecule has 0 saturated carbocycles. The van der Waals surface area contributed by atoms with E-state index in [1.807, 2.05) is 4.90 Å². The van der Waals surface area contributed by atoms with E-state index in [0.717, 1.165) is 35.7 Å². The fourth-order valence-corrected chi connectivity index (χ4v) is 6.33. The Bertz CT molecular complexity index is 1220. The number of hydrogen-bond donors (Lipinski definition) is 1. The first kappa shape index (κ1) is 25.5. The molecule has 7 nitrogen and oxygen atoms in total. The van der Waals surface area contributed by atoms with Crippen molar-refractivity contribution in [2.24, 2.45) is 0 Å². The highest BCUT2D eigenvalue weighted by Gasteiger charge is 2.42. The molecule has 2 aliphatic heterocycles. The van der Waals surface area contributed by atoms with Crippen LogP contribution in [0, 0.1) is 5.82 Å². The summed E-state index contributed by atoms with van der Waals surface area (Å²) in [5.41, 5.74) is 1.19. The van der Waals surface area contributed by atoms with Crippen molar-refractivity contribution in [3.05, 3.63) is 58.9 Å². The average Bonchev–Trinajstić information content (AvgIpc) is 3.09. The number of piperidine rings is 1. The minimum absolute atomic E-state index is 0.00234. The SMILES string of the molecule is COc1cc(/C=C/C(=O)N2[C@@H]3CC[C@H]2CC(Nc2ccc(F)cc2)C3)c(S(=O)(=O)N(C)C)cc1Cl. The van der Waals surface area contributed by atoms with Gasteiger partial charge in [-0.2, -0.15) is 0 Å². The number of amides is 1. The average molecular weight is 522 g/mol. The van der Waals surface area contributed by atoms with Gasteiger partial charge < -0.3 is 15.0 Å². The van der Waals surface area contributed by atoms with Gasteiger partial charge in [0.05, 0.1) is 17.0 Å². The largest absolute Gasteiger partial charge is 0.495 e. The monoisotopic (exact) mass is 521 g/mol. The lowest BCUT2D eigenvalue weighted by Crippen LogP contribution is -2.49. The van der Waals surface area contributed by atoms with Gasteiger partial charge in [-0.1, -0.05) is 11.6 Å². The molecule has 0 aromatic heterocycles. The van der Waals surface area contributed by atoms with Crippen molar-refractivity contribution in [2.75, 3.05) is 26.5 Å². The molecule has 1 amide bonds. The van der Waals surface area contributed by atoms with E-state index in [-0.39, 0.29) is 39.8 Å². The van der Waals surface area contributed by atoms with Crippen molar-refractivity contribution in [1.29, 1.82) is 0 Å². The molecule has 2 aromatic carbocycles. The molecular formula is C25H29ClFN3O4S. The van der Waals surface area contributed by atoms with Gasteiger partial charge in [0.25, 0.3) is 0 Å². The molecule has 35 heavy (non-hydrogen) atoms. The predicted octanol–water partition coefficient (Wildman–Crippen LogP) is 4.39. The second-order valence-electron chi connectivity index (χ2n) is 9.10. The number of hydrogen-bond acceptors (Lipinski definition) is 5. The minimum Gasteiger partial charge on any atom is -0.495 e. The Balaban J connectivity index is 1.52.